The zero-order valence-electron chi connectivity index (χ0n) is 11.4. The molecule has 5 nitrogen and oxygen atoms in total. The van der Waals surface area contributed by atoms with E-state index in [-0.39, 0.29) is 10.6 Å². The molecule has 0 aromatic heterocycles. The third kappa shape index (κ3) is 2.54. The Morgan fingerprint density at radius 1 is 1.32 bits per heavy atom. The summed E-state index contributed by atoms with van der Waals surface area (Å²) in [5, 5.41) is 9.63. The summed E-state index contributed by atoms with van der Waals surface area (Å²) in [7, 11) is 0. The molecule has 1 aromatic rings. The lowest BCUT2D eigenvalue weighted by Crippen LogP contribution is -2.54. The third-order valence-corrected chi connectivity index (χ3v) is 4.15. The molecule has 1 fully saturated rings. The van der Waals surface area contributed by atoms with Gasteiger partial charge in [0.15, 0.2) is 0 Å². The first-order valence-corrected chi connectivity index (χ1v) is 7.18. The monoisotopic (exact) mass is 325 g/mol. The Bertz CT molecular complexity index is 643. The number of amides is 1. The van der Waals surface area contributed by atoms with E-state index in [1.807, 2.05) is 12.2 Å². The summed E-state index contributed by atoms with van der Waals surface area (Å²) >= 11 is 5.81. The molecule has 0 bridgehead atoms. The number of carbonyl (C=O) groups excluding carboxylic acids is 1. The van der Waals surface area contributed by atoms with Crippen LogP contribution < -0.4 is 0 Å². The number of fused-ring (bicyclic) bond motifs is 1. The Hall–Kier alpha value is -2.08. The van der Waals surface area contributed by atoms with Gasteiger partial charge in [-0.25, -0.2) is 9.18 Å². The summed E-state index contributed by atoms with van der Waals surface area (Å²) in [4.78, 5) is 24.9. The number of rotatable bonds is 1. The van der Waals surface area contributed by atoms with E-state index in [1.54, 1.807) is 0 Å². The van der Waals surface area contributed by atoms with Crippen molar-refractivity contribution in [3.8, 4) is 0 Å². The number of allylic oxidation sites excluding steroid dienone is 1. The van der Waals surface area contributed by atoms with Gasteiger partial charge in [-0.2, -0.15) is 0 Å². The van der Waals surface area contributed by atoms with Crippen molar-refractivity contribution in [2.24, 2.45) is 5.92 Å². The minimum absolute atomic E-state index is 0.113. The number of esters is 1. The van der Waals surface area contributed by atoms with E-state index in [1.165, 1.54) is 6.07 Å². The van der Waals surface area contributed by atoms with Gasteiger partial charge in [-0.15, -0.1) is 0 Å². The van der Waals surface area contributed by atoms with Crippen LogP contribution in [0.4, 0.5) is 9.18 Å². The van der Waals surface area contributed by atoms with Crippen molar-refractivity contribution in [2.75, 3.05) is 0 Å². The first-order valence-electron chi connectivity index (χ1n) is 6.80. The molecule has 3 atom stereocenters. The van der Waals surface area contributed by atoms with Crippen LogP contribution >= 0.6 is 11.6 Å². The lowest BCUT2D eigenvalue weighted by atomic mass is 9.86. The number of halogens is 2. The number of carbonyl (C=O) groups is 2. The highest BCUT2D eigenvalue weighted by Crippen LogP contribution is 2.39. The van der Waals surface area contributed by atoms with E-state index >= 15 is 0 Å². The van der Waals surface area contributed by atoms with Crippen LogP contribution in [-0.2, 0) is 9.53 Å². The molecule has 1 aliphatic heterocycles. The van der Waals surface area contributed by atoms with Crippen molar-refractivity contribution in [3.05, 3.63) is 46.8 Å². The summed E-state index contributed by atoms with van der Waals surface area (Å²) in [6, 6.07) is 3.11. The predicted octanol–water partition coefficient (Wildman–Crippen LogP) is 3.35. The maximum atomic E-state index is 13.5. The normalized spacial score (nSPS) is 27.3. The molecule has 1 amide bonds. The molecule has 1 aliphatic carbocycles. The minimum Gasteiger partial charge on any atom is -0.465 e. The van der Waals surface area contributed by atoms with E-state index < -0.39 is 36.1 Å². The van der Waals surface area contributed by atoms with Crippen molar-refractivity contribution in [1.29, 1.82) is 0 Å². The molecule has 7 heteroatoms. The predicted molar refractivity (Wildman–Crippen MR) is 75.8 cm³/mol. The third-order valence-electron chi connectivity index (χ3n) is 3.93. The summed E-state index contributed by atoms with van der Waals surface area (Å²) in [6.45, 7) is 0. The minimum atomic E-state index is -1.22. The second-order valence-corrected chi connectivity index (χ2v) is 5.73. The number of carboxylic acid groups (broad SMARTS) is 1. The van der Waals surface area contributed by atoms with Crippen molar-refractivity contribution in [1.82, 2.24) is 4.90 Å². The van der Waals surface area contributed by atoms with Crippen LogP contribution in [-0.4, -0.2) is 28.1 Å². The van der Waals surface area contributed by atoms with Crippen LogP contribution in [0.5, 0.6) is 0 Å². The SMILES string of the molecule is O=C1OC(c2cc(F)cc(Cl)c2)N(C(=O)O)C2CC=CCC12. The summed E-state index contributed by atoms with van der Waals surface area (Å²) in [5.41, 5.74) is 0.203. The van der Waals surface area contributed by atoms with Crippen LogP contribution in [0.25, 0.3) is 0 Å². The Balaban J connectivity index is 2.03. The van der Waals surface area contributed by atoms with Crippen LogP contribution in [0.3, 0.4) is 0 Å². The average Bonchev–Trinajstić information content (AvgIpc) is 2.45. The lowest BCUT2D eigenvalue weighted by molar-refractivity contribution is -0.183. The molecule has 2 aliphatic rings. The topological polar surface area (TPSA) is 66.8 Å². The van der Waals surface area contributed by atoms with Gasteiger partial charge in [-0.3, -0.25) is 9.69 Å². The maximum absolute atomic E-state index is 13.5. The van der Waals surface area contributed by atoms with Gasteiger partial charge >= 0.3 is 12.1 Å². The largest absolute Gasteiger partial charge is 0.465 e. The number of benzene rings is 1. The standard InChI is InChI=1S/C15H13ClFNO4/c16-9-5-8(6-10(17)7-9)13-18(15(20)21)12-4-2-1-3-11(12)14(19)22-13/h1-2,5-7,11-13H,3-4H2,(H,20,21). The van der Waals surface area contributed by atoms with Crippen molar-refractivity contribution < 1.29 is 23.8 Å². The van der Waals surface area contributed by atoms with Gasteiger partial charge in [-0.05, 0) is 31.0 Å². The highest BCUT2D eigenvalue weighted by Gasteiger charge is 2.47. The molecule has 3 rings (SSSR count). The van der Waals surface area contributed by atoms with Gasteiger partial charge in [0.25, 0.3) is 0 Å². The van der Waals surface area contributed by atoms with E-state index in [4.69, 9.17) is 16.3 Å². The highest BCUT2D eigenvalue weighted by molar-refractivity contribution is 6.30. The van der Waals surface area contributed by atoms with Gasteiger partial charge in [0, 0.05) is 10.6 Å². The molecule has 22 heavy (non-hydrogen) atoms. The van der Waals surface area contributed by atoms with Gasteiger partial charge in [-0.1, -0.05) is 23.8 Å². The summed E-state index contributed by atoms with van der Waals surface area (Å²) in [5.74, 6) is -1.62. The molecule has 1 aromatic carbocycles. The molecule has 0 spiro atoms. The van der Waals surface area contributed by atoms with Crippen LogP contribution in [0.1, 0.15) is 24.6 Å². The molecule has 0 radical (unpaired) electrons. The number of hydrogen-bond acceptors (Lipinski definition) is 3. The number of nitrogens with zero attached hydrogens (tertiary/aromatic N) is 1. The zero-order chi connectivity index (χ0) is 15.9. The Morgan fingerprint density at radius 3 is 2.73 bits per heavy atom. The molecule has 1 saturated heterocycles. The van der Waals surface area contributed by atoms with Gasteiger partial charge in [0.1, 0.15) is 5.82 Å². The number of hydrogen-bond donors (Lipinski definition) is 1. The second-order valence-electron chi connectivity index (χ2n) is 5.30. The van der Waals surface area contributed by atoms with E-state index in [9.17, 15) is 19.1 Å². The number of cyclic esters (lactones) is 1. The Labute approximate surface area is 130 Å². The molecule has 116 valence electrons. The van der Waals surface area contributed by atoms with Crippen molar-refractivity contribution in [3.63, 3.8) is 0 Å². The molecular formula is C15H13ClFNO4. The summed E-state index contributed by atoms with van der Waals surface area (Å²) in [6.07, 6.45) is 2.12. The van der Waals surface area contributed by atoms with Gasteiger partial charge in [0.2, 0.25) is 6.23 Å². The maximum Gasteiger partial charge on any atom is 0.410 e. The fourth-order valence-corrected chi connectivity index (χ4v) is 3.21. The molecule has 1 heterocycles. The van der Waals surface area contributed by atoms with Crippen molar-refractivity contribution >= 4 is 23.7 Å². The van der Waals surface area contributed by atoms with Crippen molar-refractivity contribution in [2.45, 2.75) is 25.1 Å². The summed E-state index contributed by atoms with van der Waals surface area (Å²) < 4.78 is 18.8. The quantitative estimate of drug-likeness (QED) is 0.635. The fourth-order valence-electron chi connectivity index (χ4n) is 2.98. The van der Waals surface area contributed by atoms with Gasteiger partial charge < -0.3 is 9.84 Å². The fraction of sp³-hybridized carbons (Fsp3) is 0.333. The molecular weight excluding hydrogens is 313 g/mol. The first-order chi connectivity index (χ1) is 10.5. The lowest BCUT2D eigenvalue weighted by Gasteiger charge is -2.44. The van der Waals surface area contributed by atoms with Gasteiger partial charge in [0.05, 0.1) is 12.0 Å². The van der Waals surface area contributed by atoms with E-state index in [0.29, 0.717) is 12.8 Å². The molecule has 0 saturated carbocycles. The molecule has 1 N–H and O–H groups in total. The van der Waals surface area contributed by atoms with Crippen LogP contribution in [0.15, 0.2) is 30.4 Å². The first kappa shape index (κ1) is 14.8. The molecule has 3 unspecified atom stereocenters. The van der Waals surface area contributed by atoms with E-state index in [2.05, 4.69) is 0 Å². The Kier molecular flexibility index (Phi) is 3.78. The smallest absolute Gasteiger partial charge is 0.410 e. The zero-order valence-corrected chi connectivity index (χ0v) is 12.2. The van der Waals surface area contributed by atoms with E-state index in [0.717, 1.165) is 17.0 Å². The van der Waals surface area contributed by atoms with Crippen LogP contribution in [0.2, 0.25) is 5.02 Å². The second kappa shape index (κ2) is 5.61. The highest BCUT2D eigenvalue weighted by atomic mass is 35.5. The average molecular weight is 326 g/mol. The Morgan fingerprint density at radius 2 is 2.05 bits per heavy atom. The number of ether oxygens (including phenoxy) is 1. The van der Waals surface area contributed by atoms with Crippen LogP contribution in [0, 0.1) is 11.7 Å².